The van der Waals surface area contributed by atoms with E-state index >= 15 is 0 Å². The molecule has 2 unspecified atom stereocenters. The lowest BCUT2D eigenvalue weighted by Crippen LogP contribution is -2.40. The molecular weight excluding hydrogens is 274 g/mol. The Hall–Kier alpha value is -1.92. The van der Waals surface area contributed by atoms with Gasteiger partial charge in [-0.25, -0.2) is 4.79 Å². The van der Waals surface area contributed by atoms with Crippen molar-refractivity contribution in [2.75, 3.05) is 20.8 Å². The number of carboxylic acids is 1. The van der Waals surface area contributed by atoms with Crippen molar-refractivity contribution in [1.82, 2.24) is 4.90 Å². The Morgan fingerprint density at radius 1 is 1.38 bits per heavy atom. The number of amides is 1. The molecule has 1 fully saturated rings. The third-order valence-corrected chi connectivity index (χ3v) is 3.63. The Morgan fingerprint density at radius 3 is 2.76 bits per heavy atom. The summed E-state index contributed by atoms with van der Waals surface area (Å²) in [5.41, 5.74) is 1.34. The SMILES string of the molecule is COCc1cccc(C(=O)N2CC(OC)CC2C(=O)O)c1. The highest BCUT2D eigenvalue weighted by atomic mass is 16.5. The minimum atomic E-state index is -1.00. The summed E-state index contributed by atoms with van der Waals surface area (Å²) < 4.78 is 10.2. The molecule has 1 amide bonds. The predicted molar refractivity (Wildman–Crippen MR) is 75.0 cm³/mol. The minimum Gasteiger partial charge on any atom is -0.480 e. The minimum absolute atomic E-state index is 0.239. The van der Waals surface area contributed by atoms with Crippen LogP contribution in [-0.4, -0.2) is 54.8 Å². The van der Waals surface area contributed by atoms with Crippen LogP contribution in [0.2, 0.25) is 0 Å². The van der Waals surface area contributed by atoms with Gasteiger partial charge in [0.1, 0.15) is 6.04 Å². The molecule has 6 nitrogen and oxygen atoms in total. The van der Waals surface area contributed by atoms with Crippen LogP contribution < -0.4 is 0 Å². The molecule has 0 aromatic heterocycles. The van der Waals surface area contributed by atoms with Crippen LogP contribution >= 0.6 is 0 Å². The van der Waals surface area contributed by atoms with Crippen LogP contribution in [0.4, 0.5) is 0 Å². The number of carbonyl (C=O) groups excluding carboxylic acids is 1. The molecule has 0 bridgehead atoms. The van der Waals surface area contributed by atoms with Gasteiger partial charge in [0.15, 0.2) is 0 Å². The van der Waals surface area contributed by atoms with E-state index in [4.69, 9.17) is 9.47 Å². The van der Waals surface area contributed by atoms with Crippen LogP contribution in [0.3, 0.4) is 0 Å². The Bertz CT molecular complexity index is 531. The topological polar surface area (TPSA) is 76.1 Å². The molecule has 6 heteroatoms. The van der Waals surface area contributed by atoms with Gasteiger partial charge in [-0.1, -0.05) is 12.1 Å². The molecule has 21 heavy (non-hydrogen) atoms. The van der Waals surface area contributed by atoms with Gasteiger partial charge in [-0.15, -0.1) is 0 Å². The first-order valence-electron chi connectivity index (χ1n) is 6.71. The van der Waals surface area contributed by atoms with Crippen molar-refractivity contribution in [1.29, 1.82) is 0 Å². The normalized spacial score (nSPS) is 21.5. The molecule has 0 aliphatic carbocycles. The molecule has 0 spiro atoms. The van der Waals surface area contributed by atoms with Gasteiger partial charge < -0.3 is 19.5 Å². The molecule has 2 rings (SSSR count). The number of carbonyl (C=O) groups is 2. The van der Waals surface area contributed by atoms with Crippen molar-refractivity contribution in [2.45, 2.75) is 25.2 Å². The molecule has 0 radical (unpaired) electrons. The van der Waals surface area contributed by atoms with E-state index in [1.165, 1.54) is 12.0 Å². The zero-order valence-electron chi connectivity index (χ0n) is 12.1. The smallest absolute Gasteiger partial charge is 0.326 e. The monoisotopic (exact) mass is 293 g/mol. The summed E-state index contributed by atoms with van der Waals surface area (Å²) in [7, 11) is 3.11. The number of methoxy groups -OCH3 is 2. The highest BCUT2D eigenvalue weighted by Gasteiger charge is 2.40. The number of likely N-dealkylation sites (tertiary alicyclic amines) is 1. The van der Waals surface area contributed by atoms with E-state index in [1.54, 1.807) is 25.3 Å². The first kappa shape index (κ1) is 15.5. The van der Waals surface area contributed by atoms with Crippen LogP contribution in [0.15, 0.2) is 24.3 Å². The number of aliphatic carboxylic acids is 1. The second kappa shape index (κ2) is 6.69. The molecular formula is C15H19NO5. The van der Waals surface area contributed by atoms with Gasteiger partial charge in [-0.05, 0) is 17.7 Å². The molecule has 1 aromatic carbocycles. The van der Waals surface area contributed by atoms with Gasteiger partial charge in [-0.3, -0.25) is 4.79 Å². The molecule has 1 aliphatic rings. The van der Waals surface area contributed by atoms with Gasteiger partial charge >= 0.3 is 5.97 Å². The standard InChI is InChI=1S/C15H19NO5/c1-20-9-10-4-3-5-11(6-10)14(17)16-8-12(21-2)7-13(16)15(18)19/h3-6,12-13H,7-9H2,1-2H3,(H,18,19). The number of hydrogen-bond acceptors (Lipinski definition) is 4. The Morgan fingerprint density at radius 2 is 2.14 bits per heavy atom. The molecule has 0 saturated carbocycles. The number of rotatable bonds is 5. The summed E-state index contributed by atoms with van der Waals surface area (Å²) in [5.74, 6) is -1.30. The van der Waals surface area contributed by atoms with Gasteiger partial charge in [0.2, 0.25) is 0 Å². The van der Waals surface area contributed by atoms with E-state index in [0.29, 0.717) is 25.1 Å². The van der Waals surface area contributed by atoms with Gasteiger partial charge in [0.25, 0.3) is 5.91 Å². The number of carboxylic acid groups (broad SMARTS) is 1. The number of benzene rings is 1. The Labute approximate surface area is 123 Å². The predicted octanol–water partition coefficient (Wildman–Crippen LogP) is 1.15. The third kappa shape index (κ3) is 3.40. The van der Waals surface area contributed by atoms with E-state index in [-0.39, 0.29) is 12.0 Å². The largest absolute Gasteiger partial charge is 0.480 e. The van der Waals surface area contributed by atoms with E-state index in [9.17, 15) is 14.7 Å². The summed E-state index contributed by atoms with van der Waals surface area (Å²) in [6.45, 7) is 0.699. The Kier molecular flexibility index (Phi) is 4.93. The lowest BCUT2D eigenvalue weighted by Gasteiger charge is -2.21. The van der Waals surface area contributed by atoms with Gasteiger partial charge in [0, 0.05) is 32.7 Å². The maximum Gasteiger partial charge on any atom is 0.326 e. The number of hydrogen-bond donors (Lipinski definition) is 1. The van der Waals surface area contributed by atoms with Crippen molar-refractivity contribution < 1.29 is 24.2 Å². The average Bonchev–Trinajstić information content (AvgIpc) is 2.91. The maximum absolute atomic E-state index is 12.5. The lowest BCUT2D eigenvalue weighted by molar-refractivity contribution is -0.141. The van der Waals surface area contributed by atoms with Crippen molar-refractivity contribution >= 4 is 11.9 Å². The fourth-order valence-corrected chi connectivity index (χ4v) is 2.55. The molecule has 1 aromatic rings. The van der Waals surface area contributed by atoms with Crippen molar-refractivity contribution in [3.05, 3.63) is 35.4 Å². The van der Waals surface area contributed by atoms with Crippen LogP contribution in [0.25, 0.3) is 0 Å². The first-order valence-corrected chi connectivity index (χ1v) is 6.71. The van der Waals surface area contributed by atoms with Crippen LogP contribution in [0.1, 0.15) is 22.3 Å². The zero-order chi connectivity index (χ0) is 15.4. The highest BCUT2D eigenvalue weighted by Crippen LogP contribution is 2.23. The summed E-state index contributed by atoms with van der Waals surface area (Å²) in [6.07, 6.45) is 0.0761. The molecule has 114 valence electrons. The summed E-state index contributed by atoms with van der Waals surface area (Å²) in [5, 5.41) is 9.26. The van der Waals surface area contributed by atoms with Gasteiger partial charge in [0.05, 0.1) is 12.7 Å². The molecule has 2 atom stereocenters. The van der Waals surface area contributed by atoms with Crippen molar-refractivity contribution in [2.24, 2.45) is 0 Å². The zero-order valence-corrected chi connectivity index (χ0v) is 12.1. The van der Waals surface area contributed by atoms with E-state index in [0.717, 1.165) is 5.56 Å². The second-order valence-corrected chi connectivity index (χ2v) is 5.04. The van der Waals surface area contributed by atoms with Crippen molar-refractivity contribution in [3.8, 4) is 0 Å². The fraction of sp³-hybridized carbons (Fsp3) is 0.467. The van der Waals surface area contributed by atoms with E-state index in [1.807, 2.05) is 6.07 Å². The van der Waals surface area contributed by atoms with E-state index < -0.39 is 12.0 Å². The van der Waals surface area contributed by atoms with Crippen molar-refractivity contribution in [3.63, 3.8) is 0 Å². The average molecular weight is 293 g/mol. The van der Waals surface area contributed by atoms with Crippen LogP contribution in [0.5, 0.6) is 0 Å². The molecule has 1 N–H and O–H groups in total. The Balaban J connectivity index is 2.21. The summed E-state index contributed by atoms with van der Waals surface area (Å²) in [4.78, 5) is 25.2. The molecule has 1 heterocycles. The fourth-order valence-electron chi connectivity index (χ4n) is 2.55. The van der Waals surface area contributed by atoms with Gasteiger partial charge in [-0.2, -0.15) is 0 Å². The summed E-state index contributed by atoms with van der Waals surface area (Å²) >= 11 is 0. The second-order valence-electron chi connectivity index (χ2n) is 5.04. The van der Waals surface area contributed by atoms with E-state index in [2.05, 4.69) is 0 Å². The molecule has 1 aliphatic heterocycles. The van der Waals surface area contributed by atoms with Crippen LogP contribution in [0, 0.1) is 0 Å². The summed E-state index contributed by atoms with van der Waals surface area (Å²) in [6, 6.07) is 6.19. The highest BCUT2D eigenvalue weighted by molar-refractivity contribution is 5.97. The number of ether oxygens (including phenoxy) is 2. The third-order valence-electron chi connectivity index (χ3n) is 3.63. The molecule has 1 saturated heterocycles. The maximum atomic E-state index is 12.5. The first-order chi connectivity index (χ1) is 10.1. The lowest BCUT2D eigenvalue weighted by atomic mass is 10.1. The van der Waals surface area contributed by atoms with Crippen LogP contribution in [-0.2, 0) is 20.9 Å². The number of nitrogens with zero attached hydrogens (tertiary/aromatic N) is 1. The quantitative estimate of drug-likeness (QED) is 0.881.